The predicted molar refractivity (Wildman–Crippen MR) is 66.0 cm³/mol. The number of rotatable bonds is 2. The molecule has 0 aromatic carbocycles. The molecular formula is C11H15N5O3. The Kier molecular flexibility index (Phi) is 2.85. The highest BCUT2D eigenvalue weighted by atomic mass is 16.6. The van der Waals surface area contributed by atoms with Gasteiger partial charge in [-0.25, -0.2) is 15.0 Å². The first-order chi connectivity index (χ1) is 9.13. The summed E-state index contributed by atoms with van der Waals surface area (Å²) < 4.78 is 7.22. The van der Waals surface area contributed by atoms with Gasteiger partial charge < -0.3 is 20.7 Å². The average Bonchev–Trinajstić information content (AvgIpc) is 2.94. The number of hydrogen-bond donors (Lipinski definition) is 3. The third-order valence-electron chi connectivity index (χ3n) is 3.40. The summed E-state index contributed by atoms with van der Waals surface area (Å²) in [6, 6.07) is 0. The number of nitrogens with zero attached hydrogens (tertiary/aromatic N) is 4. The largest absolute Gasteiger partial charge is 0.388 e. The molecule has 0 bridgehead atoms. The molecule has 1 fully saturated rings. The van der Waals surface area contributed by atoms with Gasteiger partial charge in [-0.3, -0.25) is 4.57 Å². The predicted octanol–water partition coefficient (Wildman–Crippen LogP) is -0.562. The van der Waals surface area contributed by atoms with Crippen molar-refractivity contribution >= 4 is 17.0 Å². The van der Waals surface area contributed by atoms with Gasteiger partial charge in [0.2, 0.25) is 0 Å². The van der Waals surface area contributed by atoms with Gasteiger partial charge >= 0.3 is 0 Å². The number of aromatic nitrogens is 4. The molecule has 1 saturated heterocycles. The summed E-state index contributed by atoms with van der Waals surface area (Å²) in [5.74, 6) is 0.267. The van der Waals surface area contributed by atoms with Crippen molar-refractivity contribution in [3.05, 3.63) is 12.7 Å². The molecule has 4 N–H and O–H groups in total. The number of nitrogens with two attached hydrogens (primary N) is 1. The van der Waals surface area contributed by atoms with Crippen LogP contribution in [0.3, 0.4) is 0 Å². The van der Waals surface area contributed by atoms with Crippen LogP contribution >= 0.6 is 0 Å². The number of anilines is 1. The minimum Gasteiger partial charge on any atom is -0.388 e. The lowest BCUT2D eigenvalue weighted by molar-refractivity contribution is -0.0355. The van der Waals surface area contributed by atoms with Crippen molar-refractivity contribution in [3.8, 4) is 0 Å². The second-order valence-corrected chi connectivity index (χ2v) is 4.54. The quantitative estimate of drug-likeness (QED) is 0.665. The van der Waals surface area contributed by atoms with Gasteiger partial charge in [-0.15, -0.1) is 0 Å². The Hall–Kier alpha value is -1.77. The molecule has 4 atom stereocenters. The molecule has 19 heavy (non-hydrogen) atoms. The Morgan fingerprint density at radius 3 is 2.79 bits per heavy atom. The van der Waals surface area contributed by atoms with Crippen LogP contribution in [0.2, 0.25) is 0 Å². The van der Waals surface area contributed by atoms with Crippen LogP contribution in [0.1, 0.15) is 19.6 Å². The van der Waals surface area contributed by atoms with E-state index in [2.05, 4.69) is 15.0 Å². The maximum atomic E-state index is 10.1. The summed E-state index contributed by atoms with van der Waals surface area (Å²) in [7, 11) is 0. The van der Waals surface area contributed by atoms with Crippen LogP contribution in [0.25, 0.3) is 11.2 Å². The molecule has 8 heteroatoms. The number of nitrogen functional groups attached to an aromatic ring is 1. The number of ether oxygens (including phenoxy) is 1. The zero-order valence-corrected chi connectivity index (χ0v) is 10.3. The standard InChI is InChI=1S/C11H15N5O3/c1-2-5-7(17)8(18)11(19-5)16-4-15-6-9(12)13-3-14-10(6)16/h3-5,7-8,11,17-18H,2H2,1H3,(H2,12,13,14)/t5-,7+,8+,11-/m1/s1. The topological polar surface area (TPSA) is 119 Å². The van der Waals surface area contributed by atoms with E-state index >= 15 is 0 Å². The van der Waals surface area contributed by atoms with Gasteiger partial charge in [0.25, 0.3) is 0 Å². The Morgan fingerprint density at radius 1 is 1.32 bits per heavy atom. The van der Waals surface area contributed by atoms with Crippen LogP contribution in [0.5, 0.6) is 0 Å². The lowest BCUT2D eigenvalue weighted by atomic mass is 10.1. The summed E-state index contributed by atoms with van der Waals surface area (Å²) in [5, 5.41) is 19.9. The summed E-state index contributed by atoms with van der Waals surface area (Å²) >= 11 is 0. The summed E-state index contributed by atoms with van der Waals surface area (Å²) in [4.78, 5) is 12.1. The monoisotopic (exact) mass is 265 g/mol. The number of aliphatic hydroxyl groups excluding tert-OH is 2. The Labute approximate surface area is 108 Å². The van der Waals surface area contributed by atoms with E-state index in [9.17, 15) is 10.2 Å². The van der Waals surface area contributed by atoms with Crippen molar-refractivity contribution in [2.24, 2.45) is 0 Å². The lowest BCUT2D eigenvalue weighted by Crippen LogP contribution is -2.31. The van der Waals surface area contributed by atoms with Crippen molar-refractivity contribution in [3.63, 3.8) is 0 Å². The molecule has 1 aliphatic rings. The van der Waals surface area contributed by atoms with Gasteiger partial charge in [0.15, 0.2) is 17.7 Å². The van der Waals surface area contributed by atoms with E-state index in [1.165, 1.54) is 12.7 Å². The number of imidazole rings is 1. The molecule has 0 spiro atoms. The molecule has 102 valence electrons. The van der Waals surface area contributed by atoms with Crippen LogP contribution in [-0.2, 0) is 4.74 Å². The van der Waals surface area contributed by atoms with Gasteiger partial charge in [0, 0.05) is 0 Å². The van der Waals surface area contributed by atoms with Gasteiger partial charge in [-0.05, 0) is 6.42 Å². The summed E-state index contributed by atoms with van der Waals surface area (Å²) in [6.07, 6.45) is 0.332. The Bertz CT molecular complexity index is 601. The maximum absolute atomic E-state index is 10.1. The van der Waals surface area contributed by atoms with E-state index in [4.69, 9.17) is 10.5 Å². The van der Waals surface area contributed by atoms with Crippen LogP contribution < -0.4 is 5.73 Å². The third-order valence-corrected chi connectivity index (χ3v) is 3.40. The van der Waals surface area contributed by atoms with Gasteiger partial charge in [0.1, 0.15) is 24.1 Å². The van der Waals surface area contributed by atoms with E-state index < -0.39 is 24.5 Å². The second-order valence-electron chi connectivity index (χ2n) is 4.54. The lowest BCUT2D eigenvalue weighted by Gasteiger charge is -2.16. The Balaban J connectivity index is 2.04. The number of aliphatic hydroxyl groups is 2. The second kappa shape index (κ2) is 4.41. The first-order valence-electron chi connectivity index (χ1n) is 6.08. The van der Waals surface area contributed by atoms with Crippen molar-refractivity contribution < 1.29 is 14.9 Å². The molecule has 0 aliphatic carbocycles. The van der Waals surface area contributed by atoms with Gasteiger partial charge in [0.05, 0.1) is 12.4 Å². The molecule has 2 aromatic rings. The van der Waals surface area contributed by atoms with Crippen molar-refractivity contribution in [1.82, 2.24) is 19.5 Å². The fourth-order valence-corrected chi connectivity index (χ4v) is 2.35. The fraction of sp³-hybridized carbons (Fsp3) is 0.545. The summed E-state index contributed by atoms with van der Waals surface area (Å²) in [5.41, 5.74) is 6.63. The van der Waals surface area contributed by atoms with Crippen LogP contribution in [-0.4, -0.2) is 48.0 Å². The number of hydrogen-bond acceptors (Lipinski definition) is 7. The molecule has 8 nitrogen and oxygen atoms in total. The van der Waals surface area contributed by atoms with E-state index in [0.717, 1.165) is 0 Å². The highest BCUT2D eigenvalue weighted by molar-refractivity contribution is 5.81. The molecule has 3 heterocycles. The molecule has 0 radical (unpaired) electrons. The molecular weight excluding hydrogens is 250 g/mol. The molecule has 3 rings (SSSR count). The molecule has 2 aromatic heterocycles. The first kappa shape index (κ1) is 12.3. The van der Waals surface area contributed by atoms with E-state index in [-0.39, 0.29) is 5.82 Å². The zero-order chi connectivity index (χ0) is 13.6. The van der Waals surface area contributed by atoms with Crippen LogP contribution in [0.4, 0.5) is 5.82 Å². The maximum Gasteiger partial charge on any atom is 0.167 e. The molecule has 1 aliphatic heterocycles. The molecule has 0 amide bonds. The van der Waals surface area contributed by atoms with Crippen LogP contribution in [0, 0.1) is 0 Å². The van der Waals surface area contributed by atoms with E-state index in [1.807, 2.05) is 6.92 Å². The highest BCUT2D eigenvalue weighted by Gasteiger charge is 2.43. The van der Waals surface area contributed by atoms with E-state index in [0.29, 0.717) is 17.6 Å². The SMILES string of the molecule is CC[C@H]1O[C@@H](n2cnc3c(N)ncnc32)[C@@H](O)[C@H]1O. The number of fused-ring (bicyclic) bond motifs is 1. The van der Waals surface area contributed by atoms with Gasteiger partial charge in [-0.2, -0.15) is 0 Å². The van der Waals surface area contributed by atoms with Gasteiger partial charge in [-0.1, -0.05) is 6.92 Å². The van der Waals surface area contributed by atoms with E-state index in [1.54, 1.807) is 4.57 Å². The minimum absolute atomic E-state index is 0.267. The molecule has 0 unspecified atom stereocenters. The average molecular weight is 265 g/mol. The first-order valence-corrected chi connectivity index (χ1v) is 6.08. The Morgan fingerprint density at radius 2 is 2.11 bits per heavy atom. The van der Waals surface area contributed by atoms with Crippen molar-refractivity contribution in [1.29, 1.82) is 0 Å². The van der Waals surface area contributed by atoms with Crippen molar-refractivity contribution in [2.45, 2.75) is 37.9 Å². The summed E-state index contributed by atoms with van der Waals surface area (Å²) in [6.45, 7) is 1.88. The molecule has 0 saturated carbocycles. The zero-order valence-electron chi connectivity index (χ0n) is 10.3. The highest BCUT2D eigenvalue weighted by Crippen LogP contribution is 2.32. The fourth-order valence-electron chi connectivity index (χ4n) is 2.35. The smallest absolute Gasteiger partial charge is 0.167 e. The third kappa shape index (κ3) is 1.76. The van der Waals surface area contributed by atoms with Crippen LogP contribution in [0.15, 0.2) is 12.7 Å². The normalized spacial score (nSPS) is 31.1. The van der Waals surface area contributed by atoms with Crippen molar-refractivity contribution in [2.75, 3.05) is 5.73 Å². The minimum atomic E-state index is -1.03.